The lowest BCUT2D eigenvalue weighted by Crippen LogP contribution is -2.42. The van der Waals surface area contributed by atoms with Crippen molar-refractivity contribution in [1.29, 1.82) is 0 Å². The topological polar surface area (TPSA) is 74.9 Å². The van der Waals surface area contributed by atoms with E-state index in [1.807, 2.05) is 48.9 Å². The summed E-state index contributed by atoms with van der Waals surface area (Å²) < 4.78 is 1.84. The number of carboxylic acids is 1. The highest BCUT2D eigenvalue weighted by Gasteiger charge is 2.27. The second-order valence-corrected chi connectivity index (χ2v) is 5.76. The summed E-state index contributed by atoms with van der Waals surface area (Å²) >= 11 is 1.44. The molecule has 0 saturated carbocycles. The van der Waals surface area contributed by atoms with Gasteiger partial charge in [-0.1, -0.05) is 24.8 Å². The molecule has 2 aromatic heterocycles. The van der Waals surface area contributed by atoms with Crippen molar-refractivity contribution in [2.45, 2.75) is 31.5 Å². The van der Waals surface area contributed by atoms with Crippen molar-refractivity contribution in [2.75, 3.05) is 12.8 Å². The second-order valence-electron chi connectivity index (χ2n) is 4.99. The first-order chi connectivity index (χ1) is 10.5. The number of hydrogen-bond donors (Lipinski definition) is 1. The number of nitrogens with zero attached hydrogens (tertiary/aromatic N) is 3. The fourth-order valence-electron chi connectivity index (χ4n) is 2.24. The lowest BCUT2D eigenvalue weighted by molar-refractivity contribution is -0.138. The summed E-state index contributed by atoms with van der Waals surface area (Å²) in [6, 6.07) is 5.35. The standard InChI is InChI=1S/C15H19N3O3S/c1-4-10(2)18(9-12(19)20)14(21)13-11-7-5-6-8-17(11)15(16-13)22-3/h5-8,10H,4,9H2,1-3H3,(H,19,20). The molecule has 1 N–H and O–H groups in total. The summed E-state index contributed by atoms with van der Waals surface area (Å²) in [5.74, 6) is -1.37. The van der Waals surface area contributed by atoms with Gasteiger partial charge in [0.25, 0.3) is 5.91 Å². The van der Waals surface area contributed by atoms with E-state index in [1.165, 1.54) is 16.7 Å². The number of carbonyl (C=O) groups is 2. The molecule has 0 aromatic carbocycles. The molecular formula is C15H19N3O3S. The molecule has 0 aliphatic rings. The van der Waals surface area contributed by atoms with E-state index in [0.29, 0.717) is 22.8 Å². The Kier molecular flexibility index (Phi) is 5.07. The highest BCUT2D eigenvalue weighted by atomic mass is 32.2. The van der Waals surface area contributed by atoms with Crippen LogP contribution in [0.1, 0.15) is 30.8 Å². The van der Waals surface area contributed by atoms with Crippen LogP contribution in [0.3, 0.4) is 0 Å². The summed E-state index contributed by atoms with van der Waals surface area (Å²) in [7, 11) is 0. The second kappa shape index (κ2) is 6.83. The van der Waals surface area contributed by atoms with Crippen molar-refractivity contribution < 1.29 is 14.7 Å². The van der Waals surface area contributed by atoms with Crippen LogP contribution in [0.5, 0.6) is 0 Å². The van der Waals surface area contributed by atoms with Crippen LogP contribution < -0.4 is 0 Å². The SMILES string of the molecule is CCC(C)N(CC(=O)O)C(=O)c1nc(SC)n2ccccc12. The van der Waals surface area contributed by atoms with Gasteiger partial charge in [0.15, 0.2) is 10.9 Å². The van der Waals surface area contributed by atoms with Crippen LogP contribution in [0.25, 0.3) is 5.52 Å². The molecule has 0 spiro atoms. The van der Waals surface area contributed by atoms with Crippen LogP contribution in [0.2, 0.25) is 0 Å². The zero-order valence-corrected chi connectivity index (χ0v) is 13.6. The predicted octanol–water partition coefficient (Wildman–Crippen LogP) is 2.38. The Bertz CT molecular complexity index is 698. The number of amides is 1. The maximum atomic E-state index is 12.8. The first-order valence-electron chi connectivity index (χ1n) is 7.03. The minimum atomic E-state index is -1.03. The third kappa shape index (κ3) is 3.09. The van der Waals surface area contributed by atoms with E-state index in [1.54, 1.807) is 0 Å². The quantitative estimate of drug-likeness (QED) is 0.827. The van der Waals surface area contributed by atoms with E-state index >= 15 is 0 Å². The summed E-state index contributed by atoms with van der Waals surface area (Å²) in [5, 5.41) is 9.77. The van der Waals surface area contributed by atoms with Gasteiger partial charge in [0.05, 0.1) is 5.52 Å². The third-order valence-corrected chi connectivity index (χ3v) is 4.24. The van der Waals surface area contributed by atoms with E-state index in [0.717, 1.165) is 0 Å². The molecule has 1 atom stereocenters. The van der Waals surface area contributed by atoms with E-state index in [4.69, 9.17) is 5.11 Å². The van der Waals surface area contributed by atoms with Crippen LogP contribution in [-0.4, -0.2) is 50.1 Å². The van der Waals surface area contributed by atoms with Crippen molar-refractivity contribution in [3.63, 3.8) is 0 Å². The lowest BCUT2D eigenvalue weighted by atomic mass is 10.2. The molecule has 0 saturated heterocycles. The molecule has 2 rings (SSSR count). The summed E-state index contributed by atoms with van der Waals surface area (Å²) in [4.78, 5) is 29.6. The minimum Gasteiger partial charge on any atom is -0.480 e. The number of hydrogen-bond acceptors (Lipinski definition) is 4. The largest absolute Gasteiger partial charge is 0.480 e. The minimum absolute atomic E-state index is 0.165. The molecule has 118 valence electrons. The number of thioether (sulfide) groups is 1. The van der Waals surface area contributed by atoms with Crippen molar-refractivity contribution in [2.24, 2.45) is 0 Å². The third-order valence-electron chi connectivity index (χ3n) is 3.59. The molecule has 7 heteroatoms. The number of aromatic nitrogens is 2. The van der Waals surface area contributed by atoms with Crippen LogP contribution in [0.15, 0.2) is 29.6 Å². The number of fused-ring (bicyclic) bond motifs is 1. The zero-order valence-electron chi connectivity index (χ0n) is 12.8. The van der Waals surface area contributed by atoms with Crippen molar-refractivity contribution in [1.82, 2.24) is 14.3 Å². The highest BCUT2D eigenvalue weighted by Crippen LogP contribution is 2.22. The fraction of sp³-hybridized carbons (Fsp3) is 0.400. The predicted molar refractivity (Wildman–Crippen MR) is 85.4 cm³/mol. The molecule has 1 unspecified atom stereocenters. The Hall–Kier alpha value is -2.02. The van der Waals surface area contributed by atoms with E-state index in [9.17, 15) is 9.59 Å². The Morgan fingerprint density at radius 3 is 2.77 bits per heavy atom. The number of aliphatic carboxylic acids is 1. The summed E-state index contributed by atoms with van der Waals surface area (Å²) in [6.07, 6.45) is 4.41. The van der Waals surface area contributed by atoms with Gasteiger partial charge in [-0.05, 0) is 31.7 Å². The maximum Gasteiger partial charge on any atom is 0.323 e. The van der Waals surface area contributed by atoms with Crippen LogP contribution in [-0.2, 0) is 4.79 Å². The van der Waals surface area contributed by atoms with E-state index in [2.05, 4.69) is 4.98 Å². The molecule has 0 radical (unpaired) electrons. The van der Waals surface area contributed by atoms with E-state index < -0.39 is 5.97 Å². The Morgan fingerprint density at radius 1 is 1.45 bits per heavy atom. The van der Waals surface area contributed by atoms with Gasteiger partial charge in [-0.3, -0.25) is 14.0 Å². The van der Waals surface area contributed by atoms with E-state index in [-0.39, 0.29) is 18.5 Å². The van der Waals surface area contributed by atoms with Gasteiger partial charge in [0.2, 0.25) is 0 Å². The molecule has 6 nitrogen and oxygen atoms in total. The number of rotatable bonds is 6. The van der Waals surface area contributed by atoms with Crippen LogP contribution in [0.4, 0.5) is 0 Å². The number of carbonyl (C=O) groups excluding carboxylic acids is 1. The normalized spacial score (nSPS) is 12.3. The van der Waals surface area contributed by atoms with Gasteiger partial charge >= 0.3 is 5.97 Å². The van der Waals surface area contributed by atoms with Gasteiger partial charge in [-0.15, -0.1) is 0 Å². The highest BCUT2D eigenvalue weighted by molar-refractivity contribution is 7.98. The zero-order chi connectivity index (χ0) is 16.3. The van der Waals surface area contributed by atoms with Crippen molar-refractivity contribution in [3.05, 3.63) is 30.1 Å². The van der Waals surface area contributed by atoms with Gasteiger partial charge in [-0.2, -0.15) is 0 Å². The average Bonchev–Trinajstić information content (AvgIpc) is 2.90. The Balaban J connectivity index is 2.48. The molecule has 2 heterocycles. The molecule has 0 fully saturated rings. The van der Waals surface area contributed by atoms with Gasteiger partial charge in [-0.25, -0.2) is 4.98 Å². The van der Waals surface area contributed by atoms with Crippen molar-refractivity contribution in [3.8, 4) is 0 Å². The first-order valence-corrected chi connectivity index (χ1v) is 8.25. The lowest BCUT2D eigenvalue weighted by Gasteiger charge is -2.26. The number of pyridine rings is 1. The van der Waals surface area contributed by atoms with Crippen LogP contribution >= 0.6 is 11.8 Å². The number of carboxylic acid groups (broad SMARTS) is 1. The Labute approximate surface area is 133 Å². The summed E-state index contributed by atoms with van der Waals surface area (Å²) in [5.41, 5.74) is 0.988. The van der Waals surface area contributed by atoms with Gasteiger partial charge in [0, 0.05) is 12.2 Å². The number of imidazole rings is 1. The molecule has 1 amide bonds. The van der Waals surface area contributed by atoms with Gasteiger partial charge in [0.1, 0.15) is 6.54 Å². The monoisotopic (exact) mass is 321 g/mol. The molecule has 0 bridgehead atoms. The summed E-state index contributed by atoms with van der Waals surface area (Å²) in [6.45, 7) is 3.44. The van der Waals surface area contributed by atoms with Gasteiger partial charge < -0.3 is 10.0 Å². The fourth-order valence-corrected chi connectivity index (χ4v) is 2.78. The van der Waals surface area contributed by atoms with Crippen LogP contribution in [0, 0.1) is 0 Å². The average molecular weight is 321 g/mol. The molecular weight excluding hydrogens is 302 g/mol. The molecule has 0 aliphatic carbocycles. The maximum absolute atomic E-state index is 12.8. The first kappa shape index (κ1) is 16.4. The molecule has 22 heavy (non-hydrogen) atoms. The molecule has 2 aromatic rings. The Morgan fingerprint density at radius 2 is 2.18 bits per heavy atom. The van der Waals surface area contributed by atoms with Crippen molar-refractivity contribution >= 4 is 29.2 Å². The smallest absolute Gasteiger partial charge is 0.323 e. The molecule has 0 aliphatic heterocycles.